The Morgan fingerprint density at radius 3 is 2.24 bits per heavy atom. The van der Waals surface area contributed by atoms with Crippen LogP contribution < -0.4 is 10.6 Å². The van der Waals surface area contributed by atoms with Crippen LogP contribution in [0.5, 0.6) is 0 Å². The third-order valence-electron chi connectivity index (χ3n) is 4.09. The Kier molecular flexibility index (Phi) is 8.38. The summed E-state index contributed by atoms with van der Waals surface area (Å²) in [6, 6.07) is 7.19. The van der Waals surface area contributed by atoms with Crippen molar-refractivity contribution in [3.05, 3.63) is 29.8 Å². The molecule has 0 bridgehead atoms. The van der Waals surface area contributed by atoms with Gasteiger partial charge in [0.25, 0.3) is 0 Å². The summed E-state index contributed by atoms with van der Waals surface area (Å²) in [6.07, 6.45) is 1.01. The highest BCUT2D eigenvalue weighted by molar-refractivity contribution is 7.89. The highest BCUT2D eigenvalue weighted by Crippen LogP contribution is 2.17. The molecule has 0 saturated heterocycles. The van der Waals surface area contributed by atoms with Crippen LogP contribution in [0.2, 0.25) is 0 Å². The van der Waals surface area contributed by atoms with Gasteiger partial charge < -0.3 is 10.6 Å². The molecule has 1 aromatic rings. The highest BCUT2D eigenvalue weighted by Gasteiger charge is 2.22. The molecular weight excluding hydrogens is 336 g/mol. The molecule has 1 unspecified atom stereocenters. The highest BCUT2D eigenvalue weighted by atomic mass is 32.2. The maximum absolute atomic E-state index is 12.5. The summed E-state index contributed by atoms with van der Waals surface area (Å²) in [5.41, 5.74) is 0.965. The Labute approximate surface area is 152 Å². The Balaban J connectivity index is 2.87. The van der Waals surface area contributed by atoms with Crippen LogP contribution in [0.3, 0.4) is 0 Å². The average molecular weight is 369 g/mol. The molecule has 1 rings (SSSR count). The minimum Gasteiger partial charge on any atom is -0.357 e. The van der Waals surface area contributed by atoms with E-state index in [1.807, 2.05) is 32.9 Å². The van der Waals surface area contributed by atoms with Crippen LogP contribution in [0.15, 0.2) is 34.2 Å². The van der Waals surface area contributed by atoms with Gasteiger partial charge in [0.2, 0.25) is 10.0 Å². The number of sulfonamides is 1. The van der Waals surface area contributed by atoms with Crippen molar-refractivity contribution in [3.63, 3.8) is 0 Å². The van der Waals surface area contributed by atoms with Gasteiger partial charge in [0.15, 0.2) is 5.96 Å². The summed E-state index contributed by atoms with van der Waals surface area (Å²) in [5.74, 6) is 0.771. The van der Waals surface area contributed by atoms with Crippen LogP contribution in [0.1, 0.15) is 46.6 Å². The Morgan fingerprint density at radius 2 is 1.76 bits per heavy atom. The van der Waals surface area contributed by atoms with Crippen LogP contribution in [-0.2, 0) is 16.6 Å². The van der Waals surface area contributed by atoms with E-state index in [0.29, 0.717) is 17.5 Å². The molecule has 0 fully saturated rings. The van der Waals surface area contributed by atoms with Gasteiger partial charge in [-0.25, -0.2) is 13.4 Å². The monoisotopic (exact) mass is 368 g/mol. The largest absolute Gasteiger partial charge is 0.357 e. The Hall–Kier alpha value is -1.60. The number of nitrogens with zero attached hydrogens (tertiary/aromatic N) is 2. The third-order valence-corrected chi connectivity index (χ3v) is 6.13. The van der Waals surface area contributed by atoms with Gasteiger partial charge in [-0.2, -0.15) is 4.31 Å². The smallest absolute Gasteiger partial charge is 0.243 e. The summed E-state index contributed by atoms with van der Waals surface area (Å²) >= 11 is 0. The van der Waals surface area contributed by atoms with Gasteiger partial charge in [-0.05, 0) is 51.8 Å². The van der Waals surface area contributed by atoms with E-state index < -0.39 is 10.0 Å². The molecule has 2 N–H and O–H groups in total. The fourth-order valence-corrected chi connectivity index (χ4v) is 3.40. The number of hydrogen-bond acceptors (Lipinski definition) is 3. The molecule has 0 spiro atoms. The van der Waals surface area contributed by atoms with Crippen LogP contribution in [0, 0.1) is 0 Å². The lowest BCUT2D eigenvalue weighted by molar-refractivity contribution is 0.410. The lowest BCUT2D eigenvalue weighted by Crippen LogP contribution is -2.41. The van der Waals surface area contributed by atoms with Crippen molar-refractivity contribution in [1.82, 2.24) is 14.9 Å². The maximum Gasteiger partial charge on any atom is 0.243 e. The van der Waals surface area contributed by atoms with Gasteiger partial charge in [0.1, 0.15) is 0 Å². The molecule has 0 amide bonds. The first-order chi connectivity index (χ1) is 11.7. The van der Waals surface area contributed by atoms with Gasteiger partial charge in [-0.3, -0.25) is 0 Å². The van der Waals surface area contributed by atoms with E-state index in [1.54, 1.807) is 19.2 Å². The lowest BCUT2D eigenvalue weighted by Gasteiger charge is -2.21. The van der Waals surface area contributed by atoms with Crippen LogP contribution in [0.25, 0.3) is 0 Å². The summed E-state index contributed by atoms with van der Waals surface area (Å²) in [4.78, 5) is 4.87. The molecule has 1 aromatic carbocycles. The second-order valence-corrected chi connectivity index (χ2v) is 8.41. The molecule has 1 atom stereocenters. The van der Waals surface area contributed by atoms with E-state index in [0.717, 1.165) is 24.5 Å². The minimum atomic E-state index is -3.44. The number of aliphatic imine (C=N–C) groups is 1. The first kappa shape index (κ1) is 21.4. The quantitative estimate of drug-likeness (QED) is 0.546. The van der Waals surface area contributed by atoms with Crippen molar-refractivity contribution < 1.29 is 8.42 Å². The van der Waals surface area contributed by atoms with E-state index in [4.69, 9.17) is 0 Å². The van der Waals surface area contributed by atoms with Crippen LogP contribution in [0.4, 0.5) is 0 Å². The zero-order valence-corrected chi connectivity index (χ0v) is 17.0. The van der Waals surface area contributed by atoms with Crippen molar-refractivity contribution in [2.75, 3.05) is 13.6 Å². The number of benzene rings is 1. The predicted octanol–water partition coefficient (Wildman–Crippen LogP) is 2.57. The van der Waals surface area contributed by atoms with Crippen molar-refractivity contribution in [3.8, 4) is 0 Å². The first-order valence-corrected chi connectivity index (χ1v) is 10.3. The molecule has 0 radical (unpaired) electrons. The van der Waals surface area contributed by atoms with Gasteiger partial charge in [-0.1, -0.05) is 19.1 Å². The van der Waals surface area contributed by atoms with Gasteiger partial charge >= 0.3 is 0 Å². The third kappa shape index (κ3) is 6.32. The molecule has 7 heteroatoms. The second kappa shape index (κ2) is 9.77. The minimum absolute atomic E-state index is 0.0800. The molecule has 0 aliphatic rings. The Bertz CT molecular complexity index is 654. The molecule has 142 valence electrons. The molecule has 25 heavy (non-hydrogen) atoms. The predicted molar refractivity (Wildman–Crippen MR) is 104 cm³/mol. The topological polar surface area (TPSA) is 73.8 Å². The van der Waals surface area contributed by atoms with Crippen molar-refractivity contribution in [1.29, 1.82) is 0 Å². The second-order valence-electron chi connectivity index (χ2n) is 6.41. The van der Waals surface area contributed by atoms with E-state index in [9.17, 15) is 8.42 Å². The van der Waals surface area contributed by atoms with Crippen molar-refractivity contribution in [2.24, 2.45) is 4.99 Å². The number of nitrogens with one attached hydrogen (secondary N) is 2. The summed E-state index contributed by atoms with van der Waals surface area (Å²) in [7, 11) is -1.84. The van der Waals surface area contributed by atoms with E-state index in [1.165, 1.54) is 4.31 Å². The zero-order chi connectivity index (χ0) is 19.0. The maximum atomic E-state index is 12.5. The summed E-state index contributed by atoms with van der Waals surface area (Å²) < 4.78 is 26.3. The summed E-state index contributed by atoms with van der Waals surface area (Å²) in [5, 5.41) is 6.55. The van der Waals surface area contributed by atoms with Crippen LogP contribution in [-0.4, -0.2) is 44.4 Å². The van der Waals surface area contributed by atoms with Gasteiger partial charge in [0.05, 0.1) is 11.4 Å². The van der Waals surface area contributed by atoms with Crippen molar-refractivity contribution >= 4 is 16.0 Å². The van der Waals surface area contributed by atoms with Crippen molar-refractivity contribution in [2.45, 2.75) is 64.6 Å². The number of rotatable bonds is 8. The molecule has 0 aliphatic heterocycles. The molecule has 0 aromatic heterocycles. The zero-order valence-electron chi connectivity index (χ0n) is 16.2. The fourth-order valence-electron chi connectivity index (χ4n) is 2.04. The normalized spacial score (nSPS) is 14.0. The Morgan fingerprint density at radius 1 is 1.16 bits per heavy atom. The molecule has 0 saturated carbocycles. The van der Waals surface area contributed by atoms with E-state index >= 15 is 0 Å². The molecule has 6 nitrogen and oxygen atoms in total. The van der Waals surface area contributed by atoms with E-state index in [2.05, 4.69) is 29.5 Å². The standard InChI is InChI=1S/C18H32N4O2S/c1-7-15(5)21-18(19-8-2)20-13-16-9-11-17(12-10-16)25(23,24)22(6)14(3)4/h9-12,14-15H,7-8,13H2,1-6H3,(H2,19,20,21). The number of guanidine groups is 1. The van der Waals surface area contributed by atoms with Gasteiger partial charge in [-0.15, -0.1) is 0 Å². The molecule has 0 aliphatic carbocycles. The first-order valence-electron chi connectivity index (χ1n) is 8.84. The summed E-state index contributed by atoms with van der Waals surface area (Å²) in [6.45, 7) is 11.2. The number of hydrogen-bond donors (Lipinski definition) is 2. The molecule has 0 heterocycles. The average Bonchev–Trinajstić information content (AvgIpc) is 2.59. The molecular formula is C18H32N4O2S. The lowest BCUT2D eigenvalue weighted by atomic mass is 10.2. The SMILES string of the molecule is CCNC(=NCc1ccc(S(=O)(=O)N(C)C(C)C)cc1)NC(C)CC. The fraction of sp³-hybridized carbons (Fsp3) is 0.611. The van der Waals surface area contributed by atoms with Crippen LogP contribution >= 0.6 is 0 Å². The van der Waals surface area contributed by atoms with E-state index in [-0.39, 0.29) is 6.04 Å². The van der Waals surface area contributed by atoms with Gasteiger partial charge in [0, 0.05) is 25.7 Å².